The summed E-state index contributed by atoms with van der Waals surface area (Å²) < 4.78 is 5.42. The first kappa shape index (κ1) is 28.6. The van der Waals surface area contributed by atoms with Gasteiger partial charge in [-0.15, -0.1) is 0 Å². The van der Waals surface area contributed by atoms with Crippen LogP contribution in [0.25, 0.3) is 10.8 Å². The molecule has 9 nitrogen and oxygen atoms in total. The molecule has 0 bridgehead atoms. The number of hydrogen-bond acceptors (Lipinski definition) is 6. The van der Waals surface area contributed by atoms with Gasteiger partial charge in [0.2, 0.25) is 11.8 Å². The molecule has 42 heavy (non-hydrogen) atoms. The second kappa shape index (κ2) is 13.6. The molecule has 3 amide bonds. The Bertz CT molecular complexity index is 1530. The third-order valence-corrected chi connectivity index (χ3v) is 7.50. The lowest BCUT2D eigenvalue weighted by Crippen LogP contribution is -2.58. The molecule has 0 aliphatic carbocycles. The number of pyridine rings is 1. The van der Waals surface area contributed by atoms with Gasteiger partial charge >= 0.3 is 6.09 Å². The van der Waals surface area contributed by atoms with Gasteiger partial charge in [-0.1, -0.05) is 72.8 Å². The zero-order valence-electron chi connectivity index (χ0n) is 23.4. The number of carbonyl (C=O) groups is 3. The summed E-state index contributed by atoms with van der Waals surface area (Å²) in [7, 11) is 0. The first-order valence-electron chi connectivity index (χ1n) is 14.2. The lowest BCUT2D eigenvalue weighted by atomic mass is 9.98. The van der Waals surface area contributed by atoms with Crippen molar-refractivity contribution in [2.45, 2.75) is 50.9 Å². The van der Waals surface area contributed by atoms with Gasteiger partial charge in [0.1, 0.15) is 24.5 Å². The van der Waals surface area contributed by atoms with Crippen LogP contribution >= 0.6 is 0 Å². The molecule has 4 aromatic rings. The average Bonchev–Trinajstić information content (AvgIpc) is 3.03. The minimum atomic E-state index is -0.886. The topological polar surface area (TPSA) is 127 Å². The normalized spacial score (nSPS) is 15.5. The fourth-order valence-electron chi connectivity index (χ4n) is 5.29. The molecule has 2 atom stereocenters. The Morgan fingerprint density at radius 2 is 1.67 bits per heavy atom. The van der Waals surface area contributed by atoms with Crippen LogP contribution in [0.2, 0.25) is 0 Å². The maximum absolute atomic E-state index is 13.9. The third-order valence-electron chi connectivity index (χ3n) is 7.50. The summed E-state index contributed by atoms with van der Waals surface area (Å²) in [5, 5.41) is 7.58. The van der Waals surface area contributed by atoms with Crippen molar-refractivity contribution in [2.24, 2.45) is 0 Å². The Hall–Kier alpha value is -4.92. The monoisotopic (exact) mass is 565 g/mol. The number of hydrogen-bond donors (Lipinski definition) is 3. The van der Waals surface area contributed by atoms with Gasteiger partial charge in [-0.05, 0) is 53.5 Å². The number of likely N-dealkylation sites (tertiary alicyclic amines) is 1. The second-order valence-corrected chi connectivity index (χ2v) is 10.5. The molecule has 0 saturated carbocycles. The van der Waals surface area contributed by atoms with Gasteiger partial charge < -0.3 is 26.0 Å². The Morgan fingerprint density at radius 1 is 0.929 bits per heavy atom. The van der Waals surface area contributed by atoms with E-state index < -0.39 is 18.2 Å². The minimum absolute atomic E-state index is 0.0888. The van der Waals surface area contributed by atoms with Crippen molar-refractivity contribution in [3.05, 3.63) is 108 Å². The first-order chi connectivity index (χ1) is 20.5. The number of aromatic nitrogens is 1. The van der Waals surface area contributed by atoms with E-state index >= 15 is 0 Å². The molecule has 1 aromatic heterocycles. The van der Waals surface area contributed by atoms with Crippen molar-refractivity contribution in [3.8, 4) is 0 Å². The van der Waals surface area contributed by atoms with Crippen molar-refractivity contribution >= 4 is 34.5 Å². The SMILES string of the molecule is Nc1nccc2cc(CNC(=O)C3CCCCN3C(=O)C(Cc3ccccc3)NC(=O)OCc3ccccc3)ccc12. The first-order valence-corrected chi connectivity index (χ1v) is 14.2. The van der Waals surface area contributed by atoms with E-state index in [0.717, 1.165) is 40.3 Å². The lowest BCUT2D eigenvalue weighted by molar-refractivity contribution is -0.143. The zero-order chi connectivity index (χ0) is 29.3. The van der Waals surface area contributed by atoms with E-state index in [1.165, 1.54) is 0 Å². The number of nitrogens with two attached hydrogens (primary N) is 1. The Balaban J connectivity index is 1.27. The number of nitrogens with zero attached hydrogens (tertiary/aromatic N) is 2. The van der Waals surface area contributed by atoms with Gasteiger partial charge in [0.05, 0.1) is 0 Å². The molecule has 2 unspecified atom stereocenters. The Labute approximate surface area is 245 Å². The highest BCUT2D eigenvalue weighted by atomic mass is 16.5. The van der Waals surface area contributed by atoms with E-state index in [0.29, 0.717) is 25.3 Å². The molecule has 5 rings (SSSR count). The summed E-state index contributed by atoms with van der Waals surface area (Å²) in [6.45, 7) is 0.837. The van der Waals surface area contributed by atoms with Crippen LogP contribution < -0.4 is 16.4 Å². The molecule has 4 N–H and O–H groups in total. The maximum Gasteiger partial charge on any atom is 0.408 e. The third kappa shape index (κ3) is 7.23. The quantitative estimate of drug-likeness (QED) is 0.277. The second-order valence-electron chi connectivity index (χ2n) is 10.5. The van der Waals surface area contributed by atoms with Crippen LogP contribution in [-0.2, 0) is 33.9 Å². The average molecular weight is 566 g/mol. The number of alkyl carbamates (subject to hydrolysis) is 1. The van der Waals surface area contributed by atoms with Crippen LogP contribution in [0.1, 0.15) is 36.0 Å². The van der Waals surface area contributed by atoms with Crippen molar-refractivity contribution in [1.29, 1.82) is 0 Å². The van der Waals surface area contributed by atoms with Gasteiger partial charge in [-0.25, -0.2) is 9.78 Å². The lowest BCUT2D eigenvalue weighted by Gasteiger charge is -2.37. The molecule has 1 saturated heterocycles. The highest BCUT2D eigenvalue weighted by Gasteiger charge is 2.36. The number of amides is 3. The molecule has 9 heteroatoms. The number of rotatable bonds is 9. The molecule has 0 spiro atoms. The summed E-state index contributed by atoms with van der Waals surface area (Å²) in [6, 6.07) is 25.0. The fourth-order valence-corrected chi connectivity index (χ4v) is 5.29. The van der Waals surface area contributed by atoms with Crippen LogP contribution in [0.4, 0.5) is 10.6 Å². The Morgan fingerprint density at radius 3 is 2.43 bits per heavy atom. The summed E-state index contributed by atoms with van der Waals surface area (Å²) >= 11 is 0. The van der Waals surface area contributed by atoms with Gasteiger partial charge in [-0.2, -0.15) is 0 Å². The number of piperidine rings is 1. The fraction of sp³-hybridized carbons (Fsp3) is 0.273. The summed E-state index contributed by atoms with van der Waals surface area (Å²) in [6.07, 6.45) is 3.42. The predicted molar refractivity (Wildman–Crippen MR) is 161 cm³/mol. The molecule has 1 aliphatic heterocycles. The molecule has 3 aromatic carbocycles. The minimum Gasteiger partial charge on any atom is -0.445 e. The number of anilines is 1. The summed E-state index contributed by atoms with van der Waals surface area (Å²) in [4.78, 5) is 45.9. The molecule has 216 valence electrons. The zero-order valence-corrected chi connectivity index (χ0v) is 23.4. The van der Waals surface area contributed by atoms with Gasteiger partial charge in [0.25, 0.3) is 0 Å². The van der Waals surface area contributed by atoms with Crippen LogP contribution in [0.5, 0.6) is 0 Å². The van der Waals surface area contributed by atoms with Crippen molar-refractivity contribution in [1.82, 2.24) is 20.5 Å². The number of carbonyl (C=O) groups excluding carboxylic acids is 3. The molecule has 1 aliphatic rings. The molecule has 2 heterocycles. The molecule has 0 radical (unpaired) electrons. The molecule has 1 fully saturated rings. The number of nitrogen functional groups attached to an aromatic ring is 1. The number of fused-ring (bicyclic) bond motifs is 1. The van der Waals surface area contributed by atoms with Gasteiger partial charge in [0, 0.05) is 31.1 Å². The van der Waals surface area contributed by atoms with E-state index in [1.807, 2.05) is 84.9 Å². The van der Waals surface area contributed by atoms with Crippen LogP contribution in [0, 0.1) is 0 Å². The highest BCUT2D eigenvalue weighted by Crippen LogP contribution is 2.22. The Kier molecular flexibility index (Phi) is 9.28. The van der Waals surface area contributed by atoms with Crippen molar-refractivity contribution < 1.29 is 19.1 Å². The summed E-state index contributed by atoms with van der Waals surface area (Å²) in [5.74, 6) is -0.0615. The number of ether oxygens (including phenoxy) is 1. The molecular weight excluding hydrogens is 530 g/mol. The largest absolute Gasteiger partial charge is 0.445 e. The maximum atomic E-state index is 13.9. The highest BCUT2D eigenvalue weighted by molar-refractivity contribution is 5.92. The van der Waals surface area contributed by atoms with E-state index in [9.17, 15) is 14.4 Å². The predicted octanol–water partition coefficient (Wildman–Crippen LogP) is 4.35. The van der Waals surface area contributed by atoms with E-state index in [1.54, 1.807) is 11.1 Å². The number of benzene rings is 3. The standard InChI is InChI=1S/C33H35N5O4/c34-30-27-15-14-25(19-26(27)16-17-35-30)21-36-31(39)29-13-7-8-18-38(29)32(40)28(20-23-9-3-1-4-10-23)37-33(41)42-22-24-11-5-2-6-12-24/h1-6,9-12,14-17,19,28-29H,7-8,13,18,20-22H2,(H2,34,35)(H,36,39)(H,37,41). The van der Waals surface area contributed by atoms with Crippen molar-refractivity contribution in [2.75, 3.05) is 12.3 Å². The van der Waals surface area contributed by atoms with E-state index in [2.05, 4.69) is 15.6 Å². The van der Waals surface area contributed by atoms with Crippen LogP contribution in [0.15, 0.2) is 91.1 Å². The van der Waals surface area contributed by atoms with E-state index in [4.69, 9.17) is 10.5 Å². The van der Waals surface area contributed by atoms with E-state index in [-0.39, 0.29) is 24.8 Å². The van der Waals surface area contributed by atoms with Crippen LogP contribution in [0.3, 0.4) is 0 Å². The number of nitrogens with one attached hydrogen (secondary N) is 2. The molecular formula is C33H35N5O4. The smallest absolute Gasteiger partial charge is 0.408 e. The summed E-state index contributed by atoms with van der Waals surface area (Å²) in [5.41, 5.74) is 8.62. The van der Waals surface area contributed by atoms with Gasteiger partial charge in [-0.3, -0.25) is 9.59 Å². The van der Waals surface area contributed by atoms with Crippen LogP contribution in [-0.4, -0.2) is 46.4 Å². The van der Waals surface area contributed by atoms with Gasteiger partial charge in [0.15, 0.2) is 0 Å². The van der Waals surface area contributed by atoms with Crippen molar-refractivity contribution in [3.63, 3.8) is 0 Å².